The van der Waals surface area contributed by atoms with Gasteiger partial charge in [0.1, 0.15) is 0 Å². The van der Waals surface area contributed by atoms with Crippen molar-refractivity contribution in [3.63, 3.8) is 0 Å². The average molecular weight is 525 g/mol. The van der Waals surface area contributed by atoms with Crippen LogP contribution in [0.3, 0.4) is 0 Å². The quantitative estimate of drug-likeness (QED) is 0.135. The number of halogens is 1. The number of unbranched alkanes of at least 4 members (excludes halogenated alkanes) is 12. The second kappa shape index (κ2) is 21.4. The Labute approximate surface area is 201 Å². The second-order valence-electron chi connectivity index (χ2n) is 8.82. The number of likely N-dealkylation sites (N-methyl/N-ethyl adjacent to an activating group) is 2. The van der Waals surface area contributed by atoms with Gasteiger partial charge in [-0.15, -0.1) is 0 Å². The van der Waals surface area contributed by atoms with Gasteiger partial charge < -0.3 is 33.4 Å². The van der Waals surface area contributed by atoms with E-state index in [4.69, 9.17) is 0 Å². The molecule has 0 unspecified atom stereocenters. The third kappa shape index (κ3) is 16.5. The Morgan fingerprint density at radius 2 is 1.03 bits per heavy atom. The molecule has 0 radical (unpaired) electrons. The molecule has 29 heavy (non-hydrogen) atoms. The van der Waals surface area contributed by atoms with Gasteiger partial charge in [0.2, 0.25) is 5.91 Å². The summed E-state index contributed by atoms with van der Waals surface area (Å²) in [5, 5.41) is 0. The average Bonchev–Trinajstić information content (AvgIpc) is 2.72. The lowest BCUT2D eigenvalue weighted by molar-refractivity contribution is -0.922. The van der Waals surface area contributed by atoms with Crippen LogP contribution in [0.4, 0.5) is 0 Å². The Morgan fingerprint density at radius 1 is 0.655 bits per heavy atom. The van der Waals surface area contributed by atoms with Crippen LogP contribution < -0.4 is 24.0 Å². The maximum absolute atomic E-state index is 12.3. The summed E-state index contributed by atoms with van der Waals surface area (Å²) in [5.74, 6) is 0.337. The summed E-state index contributed by atoms with van der Waals surface area (Å²) in [6, 6.07) is 0. The monoisotopic (exact) mass is 524 g/mol. The van der Waals surface area contributed by atoms with E-state index >= 15 is 0 Å². The van der Waals surface area contributed by atoms with Gasteiger partial charge in [-0.1, -0.05) is 84.0 Å². The Hall–Kier alpha value is 0.160. The molecule has 0 aliphatic rings. The lowest BCUT2D eigenvalue weighted by atomic mass is 10.0. The van der Waals surface area contributed by atoms with Gasteiger partial charge in [-0.25, -0.2) is 0 Å². The van der Waals surface area contributed by atoms with E-state index in [1.54, 1.807) is 0 Å². The van der Waals surface area contributed by atoms with E-state index < -0.39 is 0 Å². The molecule has 0 N–H and O–H groups in total. The third-order valence-electron chi connectivity index (χ3n) is 6.84. The molecular formula is C25H53IN2O. The molecule has 176 valence electrons. The normalized spacial score (nSPS) is 11.3. The van der Waals surface area contributed by atoms with Gasteiger partial charge in [-0.05, 0) is 27.2 Å². The molecule has 0 aromatic carbocycles. The highest BCUT2D eigenvalue weighted by molar-refractivity contribution is 5.75. The summed E-state index contributed by atoms with van der Waals surface area (Å²) >= 11 is 0. The van der Waals surface area contributed by atoms with Crippen molar-refractivity contribution in [2.45, 2.75) is 118 Å². The number of carbonyl (C=O) groups excluding carboxylic acids is 1. The summed E-state index contributed by atoms with van der Waals surface area (Å²) in [5.41, 5.74) is 0. The van der Waals surface area contributed by atoms with Crippen LogP contribution in [0.1, 0.15) is 118 Å². The molecule has 4 heteroatoms. The topological polar surface area (TPSA) is 20.3 Å². The van der Waals surface area contributed by atoms with E-state index in [-0.39, 0.29) is 24.0 Å². The standard InChI is InChI=1S/C25H53N2O.HI/c1-6-10-11-12-13-14-15-16-17-18-19-20-21-22-25(28)26(5)23-24-27(7-2,8-3)9-4;/h6-24H2,1-5H3;1H/q+1;/p-1. The van der Waals surface area contributed by atoms with Crippen molar-refractivity contribution in [1.29, 1.82) is 0 Å². The van der Waals surface area contributed by atoms with Crippen LogP contribution in [0, 0.1) is 0 Å². The van der Waals surface area contributed by atoms with Crippen molar-refractivity contribution in [2.75, 3.05) is 39.8 Å². The number of amides is 1. The van der Waals surface area contributed by atoms with E-state index in [0.29, 0.717) is 5.91 Å². The van der Waals surface area contributed by atoms with Crippen LogP contribution in [0.2, 0.25) is 0 Å². The molecular weight excluding hydrogens is 471 g/mol. The highest BCUT2D eigenvalue weighted by Gasteiger charge is 2.22. The van der Waals surface area contributed by atoms with Crippen LogP contribution >= 0.6 is 0 Å². The maximum Gasteiger partial charge on any atom is 0.222 e. The van der Waals surface area contributed by atoms with Crippen LogP contribution in [0.15, 0.2) is 0 Å². The Bertz CT molecular complexity index is 350. The minimum absolute atomic E-state index is 0. The van der Waals surface area contributed by atoms with E-state index in [2.05, 4.69) is 27.7 Å². The molecule has 0 fully saturated rings. The first-order valence-electron chi connectivity index (χ1n) is 12.6. The molecule has 3 nitrogen and oxygen atoms in total. The van der Waals surface area contributed by atoms with Gasteiger partial charge >= 0.3 is 0 Å². The minimum Gasteiger partial charge on any atom is -1.00 e. The number of hydrogen-bond acceptors (Lipinski definition) is 1. The highest BCUT2D eigenvalue weighted by Crippen LogP contribution is 2.13. The summed E-state index contributed by atoms with van der Waals surface area (Å²) < 4.78 is 1.12. The van der Waals surface area contributed by atoms with E-state index in [0.717, 1.165) is 50.0 Å². The van der Waals surface area contributed by atoms with Gasteiger partial charge in [0.05, 0.1) is 32.7 Å². The van der Waals surface area contributed by atoms with E-state index in [1.807, 2.05) is 11.9 Å². The number of nitrogens with zero attached hydrogens (tertiary/aromatic N) is 2. The zero-order valence-corrected chi connectivity index (χ0v) is 22.8. The largest absolute Gasteiger partial charge is 1.00 e. The van der Waals surface area contributed by atoms with Gasteiger partial charge in [-0.2, -0.15) is 0 Å². The molecule has 0 aliphatic heterocycles. The SMILES string of the molecule is CCCCCCCCCCCCCCCC(=O)N(C)CC[N+](CC)(CC)CC.[I-]. The number of carbonyl (C=O) groups is 1. The first-order chi connectivity index (χ1) is 13.5. The Morgan fingerprint density at radius 3 is 1.41 bits per heavy atom. The third-order valence-corrected chi connectivity index (χ3v) is 6.84. The molecule has 0 aromatic rings. The van der Waals surface area contributed by atoms with Crippen molar-refractivity contribution >= 4 is 5.91 Å². The summed E-state index contributed by atoms with van der Waals surface area (Å²) in [6.45, 7) is 14.5. The first kappa shape index (κ1) is 31.3. The fourth-order valence-corrected chi connectivity index (χ4v) is 4.12. The lowest BCUT2D eigenvalue weighted by Gasteiger charge is -2.37. The zero-order chi connectivity index (χ0) is 21.1. The molecule has 0 aromatic heterocycles. The fraction of sp³-hybridized carbons (Fsp3) is 0.960. The molecule has 0 rings (SSSR count). The fourth-order valence-electron chi connectivity index (χ4n) is 4.12. The lowest BCUT2D eigenvalue weighted by Crippen LogP contribution is -3.00. The molecule has 0 saturated carbocycles. The Kier molecular flexibility index (Phi) is 23.1. The summed E-state index contributed by atoms with van der Waals surface area (Å²) in [6.07, 6.45) is 18.4. The Balaban J connectivity index is 0. The van der Waals surface area contributed by atoms with Gasteiger partial charge in [0.25, 0.3) is 0 Å². The van der Waals surface area contributed by atoms with Crippen LogP contribution in [0.25, 0.3) is 0 Å². The van der Waals surface area contributed by atoms with Crippen molar-refractivity contribution in [3.05, 3.63) is 0 Å². The van der Waals surface area contributed by atoms with E-state index in [1.165, 1.54) is 77.0 Å². The van der Waals surface area contributed by atoms with Crippen LogP contribution in [-0.2, 0) is 4.79 Å². The van der Waals surface area contributed by atoms with Gasteiger partial charge in [-0.3, -0.25) is 4.79 Å². The molecule has 0 saturated heterocycles. The number of hydrogen-bond donors (Lipinski definition) is 0. The predicted molar refractivity (Wildman–Crippen MR) is 125 cm³/mol. The van der Waals surface area contributed by atoms with Crippen molar-refractivity contribution < 1.29 is 33.3 Å². The van der Waals surface area contributed by atoms with Gasteiger partial charge in [0.15, 0.2) is 0 Å². The summed E-state index contributed by atoms with van der Waals surface area (Å²) in [7, 11) is 1.99. The second-order valence-corrected chi connectivity index (χ2v) is 8.82. The van der Waals surface area contributed by atoms with Crippen LogP contribution in [-0.4, -0.2) is 55.1 Å². The molecule has 0 aliphatic carbocycles. The number of rotatable bonds is 20. The predicted octanol–water partition coefficient (Wildman–Crippen LogP) is 3.81. The minimum atomic E-state index is 0. The molecule has 0 bridgehead atoms. The van der Waals surface area contributed by atoms with Crippen molar-refractivity contribution in [1.82, 2.24) is 4.90 Å². The highest BCUT2D eigenvalue weighted by atomic mass is 127. The summed E-state index contributed by atoms with van der Waals surface area (Å²) in [4.78, 5) is 14.3. The molecule has 0 atom stereocenters. The maximum atomic E-state index is 12.3. The van der Waals surface area contributed by atoms with Crippen molar-refractivity contribution in [3.8, 4) is 0 Å². The molecule has 0 spiro atoms. The van der Waals surface area contributed by atoms with Crippen LogP contribution in [0.5, 0.6) is 0 Å². The smallest absolute Gasteiger partial charge is 0.222 e. The van der Waals surface area contributed by atoms with Gasteiger partial charge in [0, 0.05) is 13.5 Å². The molecule has 0 heterocycles. The first-order valence-corrected chi connectivity index (χ1v) is 12.6. The van der Waals surface area contributed by atoms with E-state index in [9.17, 15) is 4.79 Å². The number of quaternary nitrogens is 1. The molecule has 1 amide bonds. The van der Waals surface area contributed by atoms with Crippen molar-refractivity contribution in [2.24, 2.45) is 0 Å². The zero-order valence-electron chi connectivity index (χ0n) is 20.6.